The Hall–Kier alpha value is -2.14. The summed E-state index contributed by atoms with van der Waals surface area (Å²) in [5.41, 5.74) is 2.73. The van der Waals surface area contributed by atoms with E-state index in [0.717, 1.165) is 25.1 Å². The minimum atomic E-state index is -0.233. The highest BCUT2D eigenvalue weighted by Crippen LogP contribution is 2.36. The van der Waals surface area contributed by atoms with E-state index in [1.165, 1.54) is 11.1 Å². The molecule has 1 saturated heterocycles. The van der Waals surface area contributed by atoms with Gasteiger partial charge >= 0.3 is 0 Å². The summed E-state index contributed by atoms with van der Waals surface area (Å²) in [7, 11) is 3.88. The number of fused-ring (bicyclic) bond motifs is 1. The number of carbonyl (C=O) groups is 1. The Labute approximate surface area is 142 Å². The highest BCUT2D eigenvalue weighted by Gasteiger charge is 2.40. The summed E-state index contributed by atoms with van der Waals surface area (Å²) >= 11 is 0. The summed E-state index contributed by atoms with van der Waals surface area (Å²) < 4.78 is 7.80. The summed E-state index contributed by atoms with van der Waals surface area (Å²) in [5, 5.41) is 0. The molecule has 0 bridgehead atoms. The summed E-state index contributed by atoms with van der Waals surface area (Å²) in [6, 6.07) is 8.74. The Balaban J connectivity index is 1.50. The standard InChI is InChI=1S/C19H23N3O2/c1-21-9-8-20-18(21)17-16(7-10-24-17)19(23)22(2)15-11-13-5-3-4-6-14(13)12-15/h3-6,8-9,15-17H,7,10-12H2,1-2H3/t16-,17-/m1/s1. The maximum absolute atomic E-state index is 13.1. The van der Waals surface area contributed by atoms with Crippen LogP contribution in [0.2, 0.25) is 0 Å². The normalized spacial score (nSPS) is 23.4. The first-order valence-electron chi connectivity index (χ1n) is 8.57. The predicted octanol–water partition coefficient (Wildman–Crippen LogP) is 2.12. The number of benzene rings is 1. The van der Waals surface area contributed by atoms with Crippen LogP contribution in [0.15, 0.2) is 36.7 Å². The van der Waals surface area contributed by atoms with Gasteiger partial charge in [0.05, 0.1) is 5.92 Å². The van der Waals surface area contributed by atoms with Gasteiger partial charge < -0.3 is 14.2 Å². The van der Waals surface area contributed by atoms with E-state index in [9.17, 15) is 4.79 Å². The zero-order chi connectivity index (χ0) is 16.7. The molecular weight excluding hydrogens is 302 g/mol. The molecular formula is C19H23N3O2. The fourth-order valence-electron chi connectivity index (χ4n) is 4.00. The van der Waals surface area contributed by atoms with Crippen molar-refractivity contribution in [2.45, 2.75) is 31.4 Å². The number of hydrogen-bond acceptors (Lipinski definition) is 3. The van der Waals surface area contributed by atoms with E-state index in [1.807, 2.05) is 29.8 Å². The highest BCUT2D eigenvalue weighted by molar-refractivity contribution is 5.80. The second-order valence-corrected chi connectivity index (χ2v) is 6.86. The number of aryl methyl sites for hydroxylation is 1. The van der Waals surface area contributed by atoms with Gasteiger partial charge in [-0.15, -0.1) is 0 Å². The van der Waals surface area contributed by atoms with Gasteiger partial charge in [-0.2, -0.15) is 0 Å². The quantitative estimate of drug-likeness (QED) is 0.868. The van der Waals surface area contributed by atoms with Gasteiger partial charge in [0.15, 0.2) is 0 Å². The lowest BCUT2D eigenvalue weighted by Crippen LogP contribution is -2.42. The number of nitrogens with zero attached hydrogens (tertiary/aromatic N) is 3. The van der Waals surface area contributed by atoms with E-state index in [4.69, 9.17) is 4.74 Å². The van der Waals surface area contributed by atoms with Gasteiger partial charge in [-0.3, -0.25) is 4.79 Å². The second kappa shape index (κ2) is 6.06. The Kier molecular flexibility index (Phi) is 3.88. The largest absolute Gasteiger partial charge is 0.369 e. The van der Waals surface area contributed by atoms with Gasteiger partial charge in [-0.05, 0) is 30.4 Å². The van der Waals surface area contributed by atoms with Gasteiger partial charge in [-0.25, -0.2) is 4.98 Å². The summed E-state index contributed by atoms with van der Waals surface area (Å²) in [6.07, 6.45) is 6.08. The Morgan fingerprint density at radius 3 is 2.62 bits per heavy atom. The van der Waals surface area contributed by atoms with Gasteiger partial charge in [0, 0.05) is 39.1 Å². The molecule has 0 N–H and O–H groups in total. The van der Waals surface area contributed by atoms with Crippen molar-refractivity contribution < 1.29 is 9.53 Å². The van der Waals surface area contributed by atoms with Crippen molar-refractivity contribution in [2.24, 2.45) is 13.0 Å². The minimum absolute atomic E-state index is 0.139. The van der Waals surface area contributed by atoms with Crippen molar-refractivity contribution in [3.05, 3.63) is 53.6 Å². The molecule has 0 saturated carbocycles. The molecule has 0 radical (unpaired) electrons. The number of likely N-dealkylation sites (N-methyl/N-ethyl adjacent to an activating group) is 1. The van der Waals surface area contributed by atoms with Crippen LogP contribution < -0.4 is 0 Å². The zero-order valence-corrected chi connectivity index (χ0v) is 14.2. The first-order valence-corrected chi connectivity index (χ1v) is 8.57. The van der Waals surface area contributed by atoms with E-state index in [-0.39, 0.29) is 24.0 Å². The molecule has 1 aliphatic carbocycles. The number of ether oxygens (including phenoxy) is 1. The fourth-order valence-corrected chi connectivity index (χ4v) is 4.00. The molecule has 1 aromatic carbocycles. The highest BCUT2D eigenvalue weighted by atomic mass is 16.5. The first-order chi connectivity index (χ1) is 11.6. The third kappa shape index (κ3) is 2.53. The number of rotatable bonds is 3. The maximum Gasteiger partial charge on any atom is 0.228 e. The third-order valence-electron chi connectivity index (χ3n) is 5.45. The Morgan fingerprint density at radius 2 is 2.00 bits per heavy atom. The molecule has 126 valence electrons. The van der Waals surface area contributed by atoms with Crippen molar-refractivity contribution in [1.82, 2.24) is 14.5 Å². The van der Waals surface area contributed by atoms with Gasteiger partial charge in [0.1, 0.15) is 11.9 Å². The predicted molar refractivity (Wildman–Crippen MR) is 90.4 cm³/mol. The molecule has 1 amide bonds. The van der Waals surface area contributed by atoms with Crippen molar-refractivity contribution >= 4 is 5.91 Å². The fraction of sp³-hybridized carbons (Fsp3) is 0.474. The Morgan fingerprint density at radius 1 is 1.29 bits per heavy atom. The molecule has 5 heteroatoms. The zero-order valence-electron chi connectivity index (χ0n) is 14.2. The van der Waals surface area contributed by atoms with Gasteiger partial charge in [-0.1, -0.05) is 24.3 Å². The number of imidazole rings is 1. The van der Waals surface area contributed by atoms with Crippen LogP contribution in [0.25, 0.3) is 0 Å². The van der Waals surface area contributed by atoms with Crippen molar-refractivity contribution in [3.8, 4) is 0 Å². The lowest BCUT2D eigenvalue weighted by Gasteiger charge is -2.29. The minimum Gasteiger partial charge on any atom is -0.369 e. The molecule has 2 heterocycles. The SMILES string of the molecule is CN(C(=O)[C@@H]1CCO[C@H]1c1nccn1C)C1Cc2ccccc2C1. The van der Waals surface area contributed by atoms with Crippen LogP contribution >= 0.6 is 0 Å². The van der Waals surface area contributed by atoms with Crippen molar-refractivity contribution in [1.29, 1.82) is 0 Å². The van der Waals surface area contributed by atoms with Crippen LogP contribution in [0, 0.1) is 5.92 Å². The lowest BCUT2D eigenvalue weighted by molar-refractivity contribution is -0.138. The van der Waals surface area contributed by atoms with Crippen molar-refractivity contribution in [2.75, 3.05) is 13.7 Å². The van der Waals surface area contributed by atoms with Crippen LogP contribution in [-0.4, -0.2) is 40.1 Å². The average Bonchev–Trinajstić information content (AvgIpc) is 3.31. The number of aromatic nitrogens is 2. The van der Waals surface area contributed by atoms with E-state index < -0.39 is 0 Å². The molecule has 2 atom stereocenters. The average molecular weight is 325 g/mol. The molecule has 0 unspecified atom stereocenters. The van der Waals surface area contributed by atoms with Crippen molar-refractivity contribution in [3.63, 3.8) is 0 Å². The molecule has 24 heavy (non-hydrogen) atoms. The smallest absolute Gasteiger partial charge is 0.228 e. The molecule has 2 aliphatic rings. The molecule has 1 aliphatic heterocycles. The van der Waals surface area contributed by atoms with Crippen LogP contribution in [0.4, 0.5) is 0 Å². The summed E-state index contributed by atoms with van der Waals surface area (Å²) in [5.74, 6) is 0.882. The molecule has 2 aromatic rings. The number of hydrogen-bond donors (Lipinski definition) is 0. The van der Waals surface area contributed by atoms with E-state index in [0.29, 0.717) is 6.61 Å². The summed E-state index contributed by atoms with van der Waals surface area (Å²) in [6.45, 7) is 0.618. The monoisotopic (exact) mass is 325 g/mol. The molecule has 0 spiro atoms. The topological polar surface area (TPSA) is 47.4 Å². The lowest BCUT2D eigenvalue weighted by atomic mass is 9.98. The molecule has 5 nitrogen and oxygen atoms in total. The van der Waals surface area contributed by atoms with Crippen LogP contribution in [0.3, 0.4) is 0 Å². The number of carbonyl (C=O) groups excluding carboxylic acids is 1. The van der Waals surface area contributed by atoms with Crippen LogP contribution in [0.1, 0.15) is 29.5 Å². The van der Waals surface area contributed by atoms with E-state index in [1.54, 1.807) is 6.20 Å². The third-order valence-corrected chi connectivity index (χ3v) is 5.45. The number of amides is 1. The van der Waals surface area contributed by atoms with E-state index in [2.05, 4.69) is 29.2 Å². The van der Waals surface area contributed by atoms with Crippen LogP contribution in [-0.2, 0) is 29.4 Å². The van der Waals surface area contributed by atoms with E-state index >= 15 is 0 Å². The molecule has 1 aromatic heterocycles. The molecule has 4 rings (SSSR count). The van der Waals surface area contributed by atoms with Gasteiger partial charge in [0.2, 0.25) is 5.91 Å². The first kappa shape index (κ1) is 15.4. The molecule has 1 fully saturated rings. The van der Waals surface area contributed by atoms with Crippen LogP contribution in [0.5, 0.6) is 0 Å². The summed E-state index contributed by atoms with van der Waals surface area (Å²) in [4.78, 5) is 19.4. The maximum atomic E-state index is 13.1. The van der Waals surface area contributed by atoms with Gasteiger partial charge in [0.25, 0.3) is 0 Å². The Bertz CT molecular complexity index is 730. The second-order valence-electron chi connectivity index (χ2n) is 6.86.